The molecule has 4 atom stereocenters. The van der Waals surface area contributed by atoms with Crippen molar-refractivity contribution >= 4 is 17.7 Å². The minimum atomic E-state index is -4.43. The molecule has 3 heterocycles. The van der Waals surface area contributed by atoms with Gasteiger partial charge in [0.05, 0.1) is 36.0 Å². The number of nitrogens with one attached hydrogen (secondary N) is 2. The highest BCUT2D eigenvalue weighted by Gasteiger charge is 2.39. The van der Waals surface area contributed by atoms with Crippen molar-refractivity contribution in [3.63, 3.8) is 0 Å². The monoisotopic (exact) mass is 618 g/mol. The van der Waals surface area contributed by atoms with Gasteiger partial charge in [-0.15, -0.1) is 0 Å². The number of alkyl halides is 3. The summed E-state index contributed by atoms with van der Waals surface area (Å²) in [5.74, 6) is -0.599. The van der Waals surface area contributed by atoms with E-state index in [2.05, 4.69) is 10.6 Å². The lowest BCUT2D eigenvalue weighted by Crippen LogP contribution is -2.62. The summed E-state index contributed by atoms with van der Waals surface area (Å²) >= 11 is 0. The molecule has 44 heavy (non-hydrogen) atoms. The summed E-state index contributed by atoms with van der Waals surface area (Å²) in [4.78, 5) is 43.4. The first-order valence-corrected chi connectivity index (χ1v) is 14.7. The second-order valence-electron chi connectivity index (χ2n) is 11.3. The van der Waals surface area contributed by atoms with Crippen molar-refractivity contribution in [3.05, 3.63) is 65.2 Å². The van der Waals surface area contributed by atoms with Crippen LogP contribution >= 0.6 is 0 Å². The largest absolute Gasteiger partial charge is 0.493 e. The minimum Gasteiger partial charge on any atom is -0.493 e. The first kappa shape index (κ1) is 31.7. The van der Waals surface area contributed by atoms with Crippen molar-refractivity contribution in [1.29, 1.82) is 0 Å². The van der Waals surface area contributed by atoms with Gasteiger partial charge in [-0.2, -0.15) is 13.2 Å². The fourth-order valence-corrected chi connectivity index (χ4v) is 5.96. The molecule has 2 bridgehead atoms. The third kappa shape index (κ3) is 7.69. The summed E-state index contributed by atoms with van der Waals surface area (Å²) in [5.41, 5.74) is 0.280. The zero-order valence-electron chi connectivity index (χ0n) is 24.5. The summed E-state index contributed by atoms with van der Waals surface area (Å²) < 4.78 is 56.5. The summed E-state index contributed by atoms with van der Waals surface area (Å²) in [5, 5.41) is 5.89. The fraction of sp³-hybridized carbons (Fsp3) is 0.516. The van der Waals surface area contributed by atoms with Crippen LogP contribution in [0.1, 0.15) is 40.7 Å². The zero-order valence-corrected chi connectivity index (χ0v) is 24.5. The first-order valence-electron chi connectivity index (χ1n) is 14.7. The molecule has 2 N–H and O–H groups in total. The number of nitrogens with zero attached hydrogens (tertiary/aromatic N) is 2. The molecule has 5 rings (SSSR count). The van der Waals surface area contributed by atoms with Gasteiger partial charge in [-0.05, 0) is 42.7 Å². The number of carbonyl (C=O) groups excluding carboxylic acids is 3. The number of ether oxygens (including phenoxy) is 3. The van der Waals surface area contributed by atoms with Gasteiger partial charge in [-0.3, -0.25) is 19.3 Å². The Morgan fingerprint density at radius 3 is 2.59 bits per heavy atom. The number of methoxy groups -OCH3 is 1. The van der Waals surface area contributed by atoms with Crippen LogP contribution in [0.15, 0.2) is 48.5 Å². The number of benzene rings is 2. The Morgan fingerprint density at radius 1 is 1.07 bits per heavy atom. The van der Waals surface area contributed by atoms with Crippen LogP contribution < -0.4 is 15.4 Å². The van der Waals surface area contributed by atoms with E-state index in [1.165, 1.54) is 24.1 Å². The molecule has 0 unspecified atom stereocenters. The van der Waals surface area contributed by atoms with Crippen LogP contribution in [0.4, 0.5) is 13.2 Å². The van der Waals surface area contributed by atoms with Crippen LogP contribution in [0.5, 0.6) is 5.75 Å². The molecule has 2 aromatic rings. The molecule has 3 aliphatic heterocycles. The highest BCUT2D eigenvalue weighted by molar-refractivity contribution is 6.00. The van der Waals surface area contributed by atoms with E-state index in [4.69, 9.17) is 14.2 Å². The van der Waals surface area contributed by atoms with Crippen LogP contribution in [-0.4, -0.2) is 98.3 Å². The van der Waals surface area contributed by atoms with Crippen LogP contribution in [0, 0.1) is 0 Å². The van der Waals surface area contributed by atoms with Gasteiger partial charge < -0.3 is 29.7 Å². The molecule has 0 aliphatic carbocycles. The number of amides is 3. The zero-order chi connectivity index (χ0) is 31.3. The maximum absolute atomic E-state index is 13.9. The Hall–Kier alpha value is -3.68. The first-order chi connectivity index (χ1) is 21.1. The molecule has 2 saturated heterocycles. The maximum Gasteiger partial charge on any atom is 0.416 e. The SMILES string of the molecule is COCC(=O)N[C@@H]1CC[C@H]2CCOc3ccccc3C(=O)N3CCN(Cc4ccc(C(F)(F)F)cc4)C[C@H]3C(=O)NC[C@H]1O2. The van der Waals surface area contributed by atoms with Gasteiger partial charge in [-0.1, -0.05) is 24.3 Å². The van der Waals surface area contributed by atoms with Crippen molar-refractivity contribution in [2.45, 2.75) is 56.3 Å². The molecule has 238 valence electrons. The van der Waals surface area contributed by atoms with Crippen molar-refractivity contribution < 1.29 is 41.8 Å². The average molecular weight is 619 g/mol. The average Bonchev–Trinajstić information content (AvgIpc) is 3.00. The fourth-order valence-electron chi connectivity index (χ4n) is 5.96. The predicted molar refractivity (Wildman–Crippen MR) is 153 cm³/mol. The summed E-state index contributed by atoms with van der Waals surface area (Å²) in [7, 11) is 1.44. The minimum absolute atomic E-state index is 0.0971. The number of hydrogen-bond acceptors (Lipinski definition) is 7. The Kier molecular flexibility index (Phi) is 10.1. The van der Waals surface area contributed by atoms with E-state index >= 15 is 0 Å². The lowest BCUT2D eigenvalue weighted by molar-refractivity contribution is -0.137. The Labute approximate surface area is 253 Å². The molecule has 2 fully saturated rings. The number of carbonyl (C=O) groups is 3. The van der Waals surface area contributed by atoms with Gasteiger partial charge in [0.2, 0.25) is 11.8 Å². The molecule has 0 spiro atoms. The number of rotatable bonds is 5. The maximum atomic E-state index is 13.9. The summed E-state index contributed by atoms with van der Waals surface area (Å²) in [6.07, 6.45) is -3.21. The lowest BCUT2D eigenvalue weighted by atomic mass is 9.96. The van der Waals surface area contributed by atoms with E-state index in [-0.39, 0.29) is 50.2 Å². The molecule has 13 heteroatoms. The van der Waals surface area contributed by atoms with E-state index in [1.54, 1.807) is 24.3 Å². The van der Waals surface area contributed by atoms with Gasteiger partial charge in [0.1, 0.15) is 18.4 Å². The second kappa shape index (κ2) is 14.0. The van der Waals surface area contributed by atoms with E-state index < -0.39 is 29.8 Å². The van der Waals surface area contributed by atoms with Crippen molar-refractivity contribution in [3.8, 4) is 5.75 Å². The molecule has 2 aromatic carbocycles. The molecule has 0 aromatic heterocycles. The smallest absolute Gasteiger partial charge is 0.416 e. The van der Waals surface area contributed by atoms with Crippen molar-refractivity contribution in [2.75, 3.05) is 46.5 Å². The number of fused-ring (bicyclic) bond motifs is 4. The van der Waals surface area contributed by atoms with Crippen LogP contribution in [-0.2, 0) is 31.8 Å². The molecule has 0 saturated carbocycles. The molecular formula is C31H37F3N4O6. The topological polar surface area (TPSA) is 109 Å². The highest BCUT2D eigenvalue weighted by Crippen LogP contribution is 2.30. The van der Waals surface area contributed by atoms with Crippen LogP contribution in [0.2, 0.25) is 0 Å². The predicted octanol–water partition coefficient (Wildman–Crippen LogP) is 2.61. The Bertz CT molecular complexity index is 1320. The summed E-state index contributed by atoms with van der Waals surface area (Å²) in [6, 6.07) is 10.6. The third-order valence-electron chi connectivity index (χ3n) is 8.25. The molecule has 3 amide bonds. The van der Waals surface area contributed by atoms with Crippen molar-refractivity contribution in [1.82, 2.24) is 20.4 Å². The Morgan fingerprint density at radius 2 is 1.84 bits per heavy atom. The molecule has 0 radical (unpaired) electrons. The number of hydrogen-bond donors (Lipinski definition) is 2. The van der Waals surface area contributed by atoms with E-state index in [0.717, 1.165) is 12.1 Å². The number of piperazine rings is 1. The summed E-state index contributed by atoms with van der Waals surface area (Å²) in [6.45, 7) is 1.46. The lowest BCUT2D eigenvalue weighted by Gasteiger charge is -2.42. The highest BCUT2D eigenvalue weighted by atomic mass is 19.4. The third-order valence-corrected chi connectivity index (χ3v) is 8.25. The van der Waals surface area contributed by atoms with Crippen LogP contribution in [0.25, 0.3) is 0 Å². The molecule has 3 aliphatic rings. The van der Waals surface area contributed by atoms with Gasteiger partial charge >= 0.3 is 6.18 Å². The quantitative estimate of drug-likeness (QED) is 0.531. The normalized spacial score (nSPS) is 25.1. The van der Waals surface area contributed by atoms with E-state index in [1.807, 2.05) is 4.90 Å². The van der Waals surface area contributed by atoms with Gasteiger partial charge in [0.15, 0.2) is 0 Å². The van der Waals surface area contributed by atoms with Gasteiger partial charge in [0, 0.05) is 46.3 Å². The van der Waals surface area contributed by atoms with Crippen molar-refractivity contribution in [2.24, 2.45) is 0 Å². The molecular weight excluding hydrogens is 581 g/mol. The standard InChI is InChI=1S/C31H37F3N4O6/c1-42-19-28(39)36-24-11-10-22-12-15-43-26-5-3-2-4-23(26)30(41)38-14-13-37(18-25(38)29(40)35-16-27(24)44-22)17-20-6-8-21(9-7-20)31(32,33)34/h2-9,22,24-25,27H,10-19H2,1H3,(H,35,40)(H,36,39)/t22-,24+,25-,27+/m0/s1. The molecule has 10 nitrogen and oxygen atoms in total. The van der Waals surface area contributed by atoms with E-state index in [9.17, 15) is 27.6 Å². The van der Waals surface area contributed by atoms with Crippen LogP contribution in [0.3, 0.4) is 0 Å². The van der Waals surface area contributed by atoms with E-state index in [0.29, 0.717) is 55.8 Å². The van der Waals surface area contributed by atoms with Gasteiger partial charge in [0.25, 0.3) is 5.91 Å². The number of halogens is 3. The number of para-hydroxylation sites is 1. The Balaban J connectivity index is 1.37. The second-order valence-corrected chi connectivity index (χ2v) is 11.3. The van der Waals surface area contributed by atoms with Gasteiger partial charge in [-0.25, -0.2) is 0 Å².